The van der Waals surface area contributed by atoms with Gasteiger partial charge in [0.15, 0.2) is 0 Å². The Morgan fingerprint density at radius 1 is 1.20 bits per heavy atom. The van der Waals surface area contributed by atoms with Crippen LogP contribution in [0.1, 0.15) is 56.0 Å². The van der Waals surface area contributed by atoms with Crippen LogP contribution in [-0.2, 0) is 9.53 Å². The van der Waals surface area contributed by atoms with Gasteiger partial charge in [0.25, 0.3) is 0 Å². The number of aliphatic hydroxyl groups is 1. The maximum Gasteiger partial charge on any atom is 0.342 e. The fourth-order valence-electron chi connectivity index (χ4n) is 6.18. The number of ether oxygens (including phenoxy) is 1. The Kier molecular flexibility index (Phi) is 4.57. The molecule has 0 heterocycles. The molecule has 4 rings (SSSR count). The van der Waals surface area contributed by atoms with Gasteiger partial charge in [0.05, 0.1) is 5.02 Å². The van der Waals surface area contributed by atoms with Gasteiger partial charge in [0.2, 0.25) is 0 Å². The van der Waals surface area contributed by atoms with E-state index >= 15 is 0 Å². The summed E-state index contributed by atoms with van der Waals surface area (Å²) in [6.45, 7) is 7.84. The molecule has 30 heavy (non-hydrogen) atoms. The quantitative estimate of drug-likeness (QED) is 0.492. The minimum atomic E-state index is -1.57. The van der Waals surface area contributed by atoms with Crippen LogP contribution in [0.15, 0.2) is 17.7 Å². The first kappa shape index (κ1) is 21.2. The van der Waals surface area contributed by atoms with E-state index in [4.69, 9.17) is 16.3 Å². The van der Waals surface area contributed by atoms with Gasteiger partial charge in [-0.25, -0.2) is 4.79 Å². The summed E-state index contributed by atoms with van der Waals surface area (Å²) in [6, 6.07) is 0.980. The second-order valence-electron chi connectivity index (χ2n) is 10.1. The van der Waals surface area contributed by atoms with Crippen LogP contribution < -0.4 is 0 Å². The van der Waals surface area contributed by atoms with E-state index in [0.717, 1.165) is 18.9 Å². The highest BCUT2D eigenvalue weighted by Crippen LogP contribution is 2.68. The highest BCUT2D eigenvalue weighted by atomic mass is 35.5. The van der Waals surface area contributed by atoms with Gasteiger partial charge in [-0.15, -0.1) is 0 Å². The summed E-state index contributed by atoms with van der Waals surface area (Å²) < 4.78 is 5.61. The summed E-state index contributed by atoms with van der Waals surface area (Å²) in [6.07, 6.45) is 3.90. The third kappa shape index (κ3) is 2.66. The fraction of sp³-hybridized carbons (Fsp3) is 0.565. The van der Waals surface area contributed by atoms with Crippen molar-refractivity contribution in [1.82, 2.24) is 0 Å². The number of phenolic OH excluding ortho intramolecular Hbond substituents is 2. The highest BCUT2D eigenvalue weighted by molar-refractivity contribution is 6.33. The van der Waals surface area contributed by atoms with Crippen LogP contribution in [0.3, 0.4) is 0 Å². The molecule has 0 aliphatic heterocycles. The van der Waals surface area contributed by atoms with E-state index in [9.17, 15) is 24.9 Å². The molecule has 6 nitrogen and oxygen atoms in total. The standard InChI is InChI=1S/C23H27ClO6/c1-11-18(15(26)6-16(27)19(11)24)20(28)30-17-9-22(4)14-8-21(2,3)7-12(14)5-13(10-25)23(17,22)29/h5-6,10,12,14,17,26-27,29H,7-9H2,1-4H3/t12?,14?,17-,22-,23+/m1/s1. The topological polar surface area (TPSA) is 104 Å². The van der Waals surface area contributed by atoms with Crippen molar-refractivity contribution >= 4 is 23.9 Å². The molecule has 3 aliphatic rings. The minimum absolute atomic E-state index is 0.0564. The van der Waals surface area contributed by atoms with Crippen LogP contribution >= 0.6 is 11.6 Å². The number of aldehydes is 1. The van der Waals surface area contributed by atoms with Gasteiger partial charge < -0.3 is 20.1 Å². The zero-order chi connectivity index (χ0) is 22.2. The number of rotatable bonds is 3. The Bertz CT molecular complexity index is 982. The maximum absolute atomic E-state index is 12.9. The largest absolute Gasteiger partial charge is 0.507 e. The fourth-order valence-corrected chi connectivity index (χ4v) is 6.33. The lowest BCUT2D eigenvalue weighted by molar-refractivity contribution is -0.246. The van der Waals surface area contributed by atoms with Gasteiger partial charge in [-0.3, -0.25) is 4.79 Å². The molecule has 0 spiro atoms. The molecule has 0 saturated heterocycles. The molecule has 0 amide bonds. The Morgan fingerprint density at radius 2 is 1.87 bits per heavy atom. The first-order chi connectivity index (χ1) is 13.9. The first-order valence-corrected chi connectivity index (χ1v) is 10.6. The van der Waals surface area contributed by atoms with Crippen LogP contribution in [0.4, 0.5) is 0 Å². The summed E-state index contributed by atoms with van der Waals surface area (Å²) in [5.41, 5.74) is -1.76. The van der Waals surface area contributed by atoms with Gasteiger partial charge in [0.1, 0.15) is 35.1 Å². The Morgan fingerprint density at radius 3 is 2.50 bits per heavy atom. The number of carbonyl (C=O) groups is 2. The molecule has 3 N–H and O–H groups in total. The van der Waals surface area contributed by atoms with E-state index in [1.165, 1.54) is 6.92 Å². The van der Waals surface area contributed by atoms with Gasteiger partial charge in [0, 0.05) is 17.1 Å². The molecule has 1 aromatic carbocycles. The van der Waals surface area contributed by atoms with E-state index in [1.54, 1.807) is 0 Å². The van der Waals surface area contributed by atoms with E-state index in [2.05, 4.69) is 13.8 Å². The molecule has 2 unspecified atom stereocenters. The zero-order valence-electron chi connectivity index (χ0n) is 17.5. The molecular weight excluding hydrogens is 408 g/mol. The molecule has 0 bridgehead atoms. The number of phenols is 2. The third-order valence-electron chi connectivity index (χ3n) is 7.71. The second-order valence-corrected chi connectivity index (χ2v) is 10.5. The number of halogens is 1. The van der Waals surface area contributed by atoms with Crippen molar-refractivity contribution in [3.8, 4) is 11.5 Å². The molecule has 2 fully saturated rings. The number of hydrogen-bond donors (Lipinski definition) is 3. The summed E-state index contributed by atoms with van der Waals surface area (Å²) in [4.78, 5) is 24.7. The lowest BCUT2D eigenvalue weighted by Crippen LogP contribution is -2.72. The summed E-state index contributed by atoms with van der Waals surface area (Å²) >= 11 is 6.00. The average Bonchev–Trinajstić information content (AvgIpc) is 2.97. The zero-order valence-corrected chi connectivity index (χ0v) is 18.3. The predicted molar refractivity (Wildman–Crippen MR) is 111 cm³/mol. The van der Waals surface area contributed by atoms with E-state index in [0.29, 0.717) is 12.7 Å². The van der Waals surface area contributed by atoms with Crippen LogP contribution in [0.5, 0.6) is 11.5 Å². The van der Waals surface area contributed by atoms with E-state index < -0.39 is 28.8 Å². The second kappa shape index (κ2) is 6.47. The van der Waals surface area contributed by atoms with Gasteiger partial charge in [-0.05, 0) is 49.0 Å². The lowest BCUT2D eigenvalue weighted by Gasteiger charge is -2.64. The maximum atomic E-state index is 12.9. The van der Waals surface area contributed by atoms with E-state index in [-0.39, 0.29) is 44.7 Å². The number of aromatic hydroxyl groups is 2. The van der Waals surface area contributed by atoms with E-state index in [1.807, 2.05) is 13.0 Å². The normalized spacial score (nSPS) is 36.2. The molecular formula is C23H27ClO6. The number of hydrogen-bond acceptors (Lipinski definition) is 6. The van der Waals surface area contributed by atoms with Crippen molar-refractivity contribution in [1.29, 1.82) is 0 Å². The van der Waals surface area contributed by atoms with Crippen molar-refractivity contribution in [2.75, 3.05) is 0 Å². The molecule has 2 saturated carbocycles. The molecule has 0 radical (unpaired) electrons. The summed E-state index contributed by atoms with van der Waals surface area (Å²) in [5.74, 6) is -1.25. The number of benzene rings is 1. The number of carbonyl (C=O) groups excluding carboxylic acids is 2. The van der Waals surface area contributed by atoms with Crippen molar-refractivity contribution in [2.45, 2.75) is 58.7 Å². The minimum Gasteiger partial charge on any atom is -0.507 e. The van der Waals surface area contributed by atoms with Crippen LogP contribution in [0.25, 0.3) is 0 Å². The average molecular weight is 435 g/mol. The predicted octanol–water partition coefficient (Wildman–Crippen LogP) is 3.92. The van der Waals surface area contributed by atoms with Crippen molar-refractivity contribution in [3.63, 3.8) is 0 Å². The summed E-state index contributed by atoms with van der Waals surface area (Å²) in [5, 5.41) is 31.5. The third-order valence-corrected chi connectivity index (χ3v) is 8.19. The Balaban J connectivity index is 1.66. The number of esters is 1. The van der Waals surface area contributed by atoms with Crippen molar-refractivity contribution in [2.24, 2.45) is 22.7 Å². The number of fused-ring (bicyclic) bond motifs is 3. The van der Waals surface area contributed by atoms with Crippen LogP contribution in [0, 0.1) is 29.6 Å². The molecule has 162 valence electrons. The smallest absolute Gasteiger partial charge is 0.342 e. The first-order valence-electron chi connectivity index (χ1n) is 10.2. The van der Waals surface area contributed by atoms with Crippen molar-refractivity contribution < 1.29 is 29.6 Å². The lowest BCUT2D eigenvalue weighted by atomic mass is 9.44. The molecule has 3 aliphatic carbocycles. The van der Waals surface area contributed by atoms with Gasteiger partial charge in [-0.1, -0.05) is 38.4 Å². The van der Waals surface area contributed by atoms with Crippen LogP contribution in [-0.4, -0.2) is 39.3 Å². The molecule has 7 heteroatoms. The van der Waals surface area contributed by atoms with Gasteiger partial charge >= 0.3 is 5.97 Å². The highest BCUT2D eigenvalue weighted by Gasteiger charge is 2.72. The summed E-state index contributed by atoms with van der Waals surface area (Å²) in [7, 11) is 0. The number of allylic oxidation sites excluding steroid dienone is 1. The Labute approximate surface area is 180 Å². The van der Waals surface area contributed by atoms with Crippen LogP contribution in [0.2, 0.25) is 5.02 Å². The SMILES string of the molecule is Cc1c(Cl)c(O)cc(O)c1C(=O)O[C@@H]1C[C@]2(C)C3CC(C)(C)CC3C=C(C=O)[C@]12O. The Hall–Kier alpha value is -2.05. The monoisotopic (exact) mass is 434 g/mol. The van der Waals surface area contributed by atoms with Crippen molar-refractivity contribution in [3.05, 3.63) is 33.9 Å². The molecule has 0 aromatic heterocycles. The molecule has 5 atom stereocenters. The molecule has 1 aromatic rings. The van der Waals surface area contributed by atoms with Gasteiger partial charge in [-0.2, -0.15) is 0 Å².